The highest BCUT2D eigenvalue weighted by Crippen LogP contribution is 2.13. The van der Waals surface area contributed by atoms with E-state index in [0.29, 0.717) is 6.04 Å². The monoisotopic (exact) mass is 346 g/mol. The van der Waals surface area contributed by atoms with Gasteiger partial charge in [0, 0.05) is 31.4 Å². The van der Waals surface area contributed by atoms with Crippen molar-refractivity contribution in [3.8, 4) is 0 Å². The molecule has 0 spiro atoms. The molecule has 1 N–H and O–H groups in total. The maximum Gasteiger partial charge on any atom is 0.217 e. The van der Waals surface area contributed by atoms with Gasteiger partial charge in [0.1, 0.15) is 0 Å². The van der Waals surface area contributed by atoms with Crippen molar-refractivity contribution in [3.63, 3.8) is 0 Å². The number of amides is 1. The molecule has 0 saturated carbocycles. The molecular weight excluding hydrogens is 316 g/mol. The Balaban J connectivity index is 1.90. The summed E-state index contributed by atoms with van der Waals surface area (Å²) >= 11 is 3.48. The number of piperidine rings is 1. The van der Waals surface area contributed by atoms with Gasteiger partial charge >= 0.3 is 0 Å². The summed E-state index contributed by atoms with van der Waals surface area (Å²) < 4.78 is 0. The number of hydrogen-bond donors (Lipinski definition) is 1. The summed E-state index contributed by atoms with van der Waals surface area (Å²) in [6, 6.07) is 0.415. The second-order valence-electron chi connectivity index (χ2n) is 5.98. The predicted octanol–water partition coefficient (Wildman–Crippen LogP) is 3.71. The summed E-state index contributed by atoms with van der Waals surface area (Å²) in [6.45, 7) is 5.16. The summed E-state index contributed by atoms with van der Waals surface area (Å²) in [4.78, 5) is 13.6. The van der Waals surface area contributed by atoms with Crippen molar-refractivity contribution >= 4 is 21.8 Å². The standard InChI is InChI=1S/C16H31BrN2O/c1-15(20)18-16-9-13-19(14-10-16)12-8-6-4-2-3-5-7-11-17/h16H,2-14H2,1H3,(H,18,20). The Kier molecular flexibility index (Phi) is 10.4. The summed E-state index contributed by atoms with van der Waals surface area (Å²) in [5.74, 6) is 0.114. The molecule has 1 aliphatic rings. The average molecular weight is 347 g/mol. The number of halogens is 1. The molecule has 1 saturated heterocycles. The molecule has 1 heterocycles. The topological polar surface area (TPSA) is 32.3 Å². The Labute approximate surface area is 133 Å². The van der Waals surface area contributed by atoms with Crippen LogP contribution in [0, 0.1) is 0 Å². The van der Waals surface area contributed by atoms with Gasteiger partial charge in [-0.05, 0) is 32.2 Å². The van der Waals surface area contributed by atoms with Crippen LogP contribution in [0.15, 0.2) is 0 Å². The van der Waals surface area contributed by atoms with Crippen molar-refractivity contribution in [2.75, 3.05) is 25.0 Å². The maximum absolute atomic E-state index is 11.0. The summed E-state index contributed by atoms with van der Waals surface area (Å²) in [5.41, 5.74) is 0. The normalized spacial score (nSPS) is 17.3. The van der Waals surface area contributed by atoms with E-state index in [1.54, 1.807) is 6.92 Å². The molecule has 1 fully saturated rings. The van der Waals surface area contributed by atoms with E-state index < -0.39 is 0 Å². The molecule has 0 bridgehead atoms. The number of hydrogen-bond acceptors (Lipinski definition) is 2. The average Bonchev–Trinajstić information content (AvgIpc) is 2.43. The van der Waals surface area contributed by atoms with Gasteiger partial charge in [0.05, 0.1) is 0 Å². The molecule has 0 unspecified atom stereocenters. The molecular formula is C16H31BrN2O. The molecule has 3 nitrogen and oxygen atoms in total. The summed E-state index contributed by atoms with van der Waals surface area (Å²) in [6.07, 6.45) is 11.8. The van der Waals surface area contributed by atoms with Crippen molar-refractivity contribution in [2.45, 2.75) is 70.8 Å². The third-order valence-corrected chi connectivity index (χ3v) is 4.66. The van der Waals surface area contributed by atoms with E-state index in [4.69, 9.17) is 0 Å². The number of nitrogens with one attached hydrogen (secondary N) is 1. The number of rotatable bonds is 10. The van der Waals surface area contributed by atoms with E-state index in [2.05, 4.69) is 26.1 Å². The minimum Gasteiger partial charge on any atom is -0.354 e. The van der Waals surface area contributed by atoms with Gasteiger partial charge < -0.3 is 10.2 Å². The van der Waals surface area contributed by atoms with Crippen LogP contribution in [0.3, 0.4) is 0 Å². The highest BCUT2D eigenvalue weighted by Gasteiger charge is 2.18. The Morgan fingerprint density at radius 2 is 1.60 bits per heavy atom. The van der Waals surface area contributed by atoms with Gasteiger partial charge in [-0.3, -0.25) is 4.79 Å². The van der Waals surface area contributed by atoms with Gasteiger partial charge in [-0.15, -0.1) is 0 Å². The van der Waals surface area contributed by atoms with E-state index in [1.807, 2.05) is 0 Å². The fourth-order valence-electron chi connectivity index (χ4n) is 2.90. The summed E-state index contributed by atoms with van der Waals surface area (Å²) in [5, 5.41) is 4.19. The van der Waals surface area contributed by atoms with Gasteiger partial charge in [0.2, 0.25) is 5.91 Å². The Morgan fingerprint density at radius 3 is 2.15 bits per heavy atom. The summed E-state index contributed by atoms with van der Waals surface area (Å²) in [7, 11) is 0. The van der Waals surface area contributed by atoms with E-state index in [1.165, 1.54) is 51.5 Å². The first-order valence-electron chi connectivity index (χ1n) is 8.28. The van der Waals surface area contributed by atoms with Crippen LogP contribution in [0.25, 0.3) is 0 Å². The van der Waals surface area contributed by atoms with Crippen LogP contribution in [0.5, 0.6) is 0 Å². The first kappa shape index (κ1) is 18.0. The number of alkyl halides is 1. The van der Waals surface area contributed by atoms with E-state index >= 15 is 0 Å². The Morgan fingerprint density at radius 1 is 1.05 bits per heavy atom. The smallest absolute Gasteiger partial charge is 0.217 e. The zero-order valence-electron chi connectivity index (χ0n) is 13.0. The third-order valence-electron chi connectivity index (χ3n) is 4.10. The largest absolute Gasteiger partial charge is 0.354 e. The van der Waals surface area contributed by atoms with Gasteiger partial charge in [0.25, 0.3) is 0 Å². The van der Waals surface area contributed by atoms with Gasteiger partial charge in [0.15, 0.2) is 0 Å². The SMILES string of the molecule is CC(=O)NC1CCN(CCCCCCCCCBr)CC1. The molecule has 1 amide bonds. The Hall–Kier alpha value is -0.0900. The van der Waals surface area contributed by atoms with Crippen molar-refractivity contribution in [3.05, 3.63) is 0 Å². The van der Waals surface area contributed by atoms with Crippen molar-refractivity contribution < 1.29 is 4.79 Å². The highest BCUT2D eigenvalue weighted by molar-refractivity contribution is 9.09. The number of carbonyl (C=O) groups excluding carboxylic acids is 1. The Bertz CT molecular complexity index is 253. The number of nitrogens with zero attached hydrogens (tertiary/aromatic N) is 1. The van der Waals surface area contributed by atoms with Crippen LogP contribution in [0.4, 0.5) is 0 Å². The number of unbranched alkanes of at least 4 members (excludes halogenated alkanes) is 6. The molecule has 0 atom stereocenters. The lowest BCUT2D eigenvalue weighted by Gasteiger charge is -2.32. The molecule has 0 aromatic rings. The molecule has 0 aliphatic carbocycles. The van der Waals surface area contributed by atoms with E-state index in [-0.39, 0.29) is 5.91 Å². The van der Waals surface area contributed by atoms with Crippen LogP contribution >= 0.6 is 15.9 Å². The molecule has 0 aromatic heterocycles. The zero-order valence-corrected chi connectivity index (χ0v) is 14.6. The van der Waals surface area contributed by atoms with E-state index in [9.17, 15) is 4.79 Å². The molecule has 1 rings (SSSR count). The molecule has 4 heteroatoms. The first-order chi connectivity index (χ1) is 9.72. The lowest BCUT2D eigenvalue weighted by Crippen LogP contribution is -2.44. The number of likely N-dealkylation sites (tertiary alicyclic amines) is 1. The lowest BCUT2D eigenvalue weighted by molar-refractivity contribution is -0.119. The van der Waals surface area contributed by atoms with Crippen molar-refractivity contribution in [1.29, 1.82) is 0 Å². The van der Waals surface area contributed by atoms with Crippen LogP contribution < -0.4 is 5.32 Å². The molecule has 1 aliphatic heterocycles. The molecule has 118 valence electrons. The van der Waals surface area contributed by atoms with Crippen molar-refractivity contribution in [1.82, 2.24) is 10.2 Å². The van der Waals surface area contributed by atoms with Crippen LogP contribution in [0.2, 0.25) is 0 Å². The van der Waals surface area contributed by atoms with Gasteiger partial charge in [-0.25, -0.2) is 0 Å². The second-order valence-corrected chi connectivity index (χ2v) is 6.77. The first-order valence-corrected chi connectivity index (χ1v) is 9.40. The zero-order chi connectivity index (χ0) is 14.6. The number of carbonyl (C=O) groups is 1. The molecule has 0 aromatic carbocycles. The van der Waals surface area contributed by atoms with Crippen LogP contribution in [0.1, 0.15) is 64.7 Å². The highest BCUT2D eigenvalue weighted by atomic mass is 79.9. The minimum absolute atomic E-state index is 0.114. The third kappa shape index (κ3) is 8.96. The lowest BCUT2D eigenvalue weighted by atomic mass is 10.0. The maximum atomic E-state index is 11.0. The quantitative estimate of drug-likeness (QED) is 0.483. The predicted molar refractivity (Wildman–Crippen MR) is 89.4 cm³/mol. The fraction of sp³-hybridized carbons (Fsp3) is 0.938. The molecule has 20 heavy (non-hydrogen) atoms. The van der Waals surface area contributed by atoms with Crippen molar-refractivity contribution in [2.24, 2.45) is 0 Å². The minimum atomic E-state index is 0.114. The van der Waals surface area contributed by atoms with Gasteiger partial charge in [-0.2, -0.15) is 0 Å². The van der Waals surface area contributed by atoms with Crippen LogP contribution in [-0.2, 0) is 4.79 Å². The van der Waals surface area contributed by atoms with Gasteiger partial charge in [-0.1, -0.05) is 48.0 Å². The van der Waals surface area contributed by atoms with Crippen LogP contribution in [-0.4, -0.2) is 41.8 Å². The van der Waals surface area contributed by atoms with E-state index in [0.717, 1.165) is 31.3 Å². The fourth-order valence-corrected chi connectivity index (χ4v) is 3.30. The second kappa shape index (κ2) is 11.6. The molecule has 0 radical (unpaired) electrons.